The molecule has 0 spiro atoms. The van der Waals surface area contributed by atoms with Crippen LogP contribution in [0.3, 0.4) is 0 Å². The quantitative estimate of drug-likeness (QED) is 0.891. The van der Waals surface area contributed by atoms with Crippen LogP contribution in [0.4, 0.5) is 0 Å². The Balaban J connectivity index is 2.63. The maximum atomic E-state index is 11.8. The molecule has 5 nitrogen and oxygen atoms in total. The summed E-state index contributed by atoms with van der Waals surface area (Å²) in [5.41, 5.74) is 1.74. The number of nitrogens with one attached hydrogen (secondary N) is 1. The van der Waals surface area contributed by atoms with Crippen LogP contribution in [0.2, 0.25) is 0 Å². The molecule has 5 heteroatoms. The number of ether oxygens (including phenoxy) is 1. The number of rotatable bonds is 4. The summed E-state index contributed by atoms with van der Waals surface area (Å²) in [6.45, 7) is 2.02. The molecular weight excluding hydrogens is 230 g/mol. The Labute approximate surface area is 105 Å². The highest BCUT2D eigenvalue weighted by Gasteiger charge is 2.14. The summed E-state index contributed by atoms with van der Waals surface area (Å²) in [4.78, 5) is 22.9. The zero-order valence-corrected chi connectivity index (χ0v) is 10.4. The van der Waals surface area contributed by atoms with Crippen LogP contribution in [0.1, 0.15) is 18.9 Å². The van der Waals surface area contributed by atoms with Crippen molar-refractivity contribution in [2.24, 2.45) is 0 Å². The minimum atomic E-state index is -0.116. The van der Waals surface area contributed by atoms with E-state index in [9.17, 15) is 4.79 Å². The van der Waals surface area contributed by atoms with Crippen molar-refractivity contribution < 1.29 is 4.74 Å². The third kappa shape index (κ3) is 2.25. The zero-order valence-electron chi connectivity index (χ0n) is 10.4. The average Bonchev–Trinajstić information content (AvgIpc) is 2.41. The van der Waals surface area contributed by atoms with E-state index >= 15 is 0 Å². The minimum Gasteiger partial charge on any atom is -0.494 e. The highest BCUT2D eigenvalue weighted by atomic mass is 16.5. The van der Waals surface area contributed by atoms with E-state index in [1.165, 1.54) is 6.33 Å². The van der Waals surface area contributed by atoms with Gasteiger partial charge in [0.1, 0.15) is 17.1 Å². The van der Waals surface area contributed by atoms with E-state index in [-0.39, 0.29) is 5.56 Å². The van der Waals surface area contributed by atoms with Gasteiger partial charge in [-0.25, -0.2) is 4.98 Å². The van der Waals surface area contributed by atoms with Crippen LogP contribution in [0.15, 0.2) is 29.5 Å². The Kier molecular flexibility index (Phi) is 3.72. The number of nitrogens with zero attached hydrogens (tertiary/aromatic N) is 2. The van der Waals surface area contributed by atoms with Gasteiger partial charge in [-0.1, -0.05) is 13.3 Å². The first kappa shape index (κ1) is 12.3. The summed E-state index contributed by atoms with van der Waals surface area (Å²) in [6, 6.07) is 3.59. The van der Waals surface area contributed by atoms with Gasteiger partial charge in [0.25, 0.3) is 5.56 Å². The van der Waals surface area contributed by atoms with Gasteiger partial charge in [-0.3, -0.25) is 9.78 Å². The molecular formula is C13H15N3O2. The van der Waals surface area contributed by atoms with E-state index in [0.29, 0.717) is 29.1 Å². The minimum absolute atomic E-state index is 0.116. The maximum absolute atomic E-state index is 11.8. The maximum Gasteiger partial charge on any atom is 0.254 e. The molecule has 0 amide bonds. The van der Waals surface area contributed by atoms with Crippen molar-refractivity contribution in [3.8, 4) is 17.1 Å². The van der Waals surface area contributed by atoms with Crippen LogP contribution in [0.25, 0.3) is 11.4 Å². The van der Waals surface area contributed by atoms with Gasteiger partial charge >= 0.3 is 0 Å². The van der Waals surface area contributed by atoms with Gasteiger partial charge in [0.05, 0.1) is 13.4 Å². The van der Waals surface area contributed by atoms with Gasteiger partial charge < -0.3 is 9.72 Å². The van der Waals surface area contributed by atoms with Gasteiger partial charge in [-0.05, 0) is 18.6 Å². The predicted octanol–water partition coefficient (Wildman–Crippen LogP) is 1.79. The summed E-state index contributed by atoms with van der Waals surface area (Å²) < 4.78 is 5.26. The monoisotopic (exact) mass is 245 g/mol. The fraction of sp³-hybridized carbons (Fsp3) is 0.308. The van der Waals surface area contributed by atoms with Crippen LogP contribution < -0.4 is 10.3 Å². The van der Waals surface area contributed by atoms with E-state index in [0.717, 1.165) is 6.42 Å². The number of hydrogen-bond donors (Lipinski definition) is 1. The molecule has 2 aromatic heterocycles. The molecule has 0 saturated carbocycles. The molecule has 18 heavy (non-hydrogen) atoms. The number of aromatic amines is 1. The number of pyridine rings is 1. The molecule has 0 radical (unpaired) electrons. The van der Waals surface area contributed by atoms with E-state index in [4.69, 9.17) is 4.74 Å². The highest BCUT2D eigenvalue weighted by Crippen LogP contribution is 2.26. The lowest BCUT2D eigenvalue weighted by molar-refractivity contribution is 0.414. The Morgan fingerprint density at radius 2 is 2.17 bits per heavy atom. The summed E-state index contributed by atoms with van der Waals surface area (Å²) in [5, 5.41) is 0. The lowest BCUT2D eigenvalue weighted by Gasteiger charge is -2.09. The second kappa shape index (κ2) is 5.44. The molecule has 0 atom stereocenters. The van der Waals surface area contributed by atoms with E-state index in [1.54, 1.807) is 25.4 Å². The van der Waals surface area contributed by atoms with Crippen molar-refractivity contribution in [3.05, 3.63) is 40.6 Å². The van der Waals surface area contributed by atoms with Crippen molar-refractivity contribution in [2.75, 3.05) is 7.11 Å². The number of hydrogen-bond acceptors (Lipinski definition) is 4. The first-order valence-electron chi connectivity index (χ1n) is 5.83. The van der Waals surface area contributed by atoms with Crippen LogP contribution >= 0.6 is 0 Å². The highest BCUT2D eigenvalue weighted by molar-refractivity contribution is 5.65. The molecule has 2 heterocycles. The van der Waals surface area contributed by atoms with Crippen molar-refractivity contribution in [2.45, 2.75) is 19.8 Å². The molecule has 0 saturated heterocycles. The lowest BCUT2D eigenvalue weighted by atomic mass is 10.1. The van der Waals surface area contributed by atoms with Gasteiger partial charge in [0.2, 0.25) is 0 Å². The van der Waals surface area contributed by atoms with Crippen LogP contribution in [0.5, 0.6) is 5.75 Å². The van der Waals surface area contributed by atoms with Crippen molar-refractivity contribution in [1.82, 2.24) is 15.0 Å². The van der Waals surface area contributed by atoms with Crippen LogP contribution in [-0.4, -0.2) is 22.1 Å². The van der Waals surface area contributed by atoms with Gasteiger partial charge in [-0.2, -0.15) is 0 Å². The largest absolute Gasteiger partial charge is 0.494 e. The number of methoxy groups -OCH3 is 1. The SMILES string of the molecule is CCCc1c(-c2ncccc2OC)nc[nH]c1=O. The Morgan fingerprint density at radius 1 is 1.33 bits per heavy atom. The Hall–Kier alpha value is -2.17. The number of H-pyrrole nitrogens is 1. The first-order chi connectivity index (χ1) is 8.77. The molecule has 0 aliphatic rings. The average molecular weight is 245 g/mol. The molecule has 2 rings (SSSR count). The summed E-state index contributed by atoms with van der Waals surface area (Å²) in [6.07, 6.45) is 4.59. The fourth-order valence-corrected chi connectivity index (χ4v) is 1.85. The summed E-state index contributed by atoms with van der Waals surface area (Å²) in [5.74, 6) is 0.618. The Morgan fingerprint density at radius 3 is 2.89 bits per heavy atom. The van der Waals surface area contributed by atoms with Crippen molar-refractivity contribution in [3.63, 3.8) is 0 Å². The standard InChI is InChI=1S/C13H15N3O2/c1-3-5-9-11(15-8-16-13(9)17)12-10(18-2)6-4-7-14-12/h4,6-8H,3,5H2,1-2H3,(H,15,16,17). The van der Waals surface area contributed by atoms with Crippen LogP contribution in [0, 0.1) is 0 Å². The second-order valence-electron chi connectivity index (χ2n) is 3.86. The van der Waals surface area contributed by atoms with E-state index in [1.807, 2.05) is 6.92 Å². The molecule has 2 aromatic rings. The molecule has 0 unspecified atom stereocenters. The first-order valence-corrected chi connectivity index (χ1v) is 5.83. The molecule has 94 valence electrons. The van der Waals surface area contributed by atoms with Gasteiger partial charge in [-0.15, -0.1) is 0 Å². The van der Waals surface area contributed by atoms with E-state index in [2.05, 4.69) is 15.0 Å². The van der Waals surface area contributed by atoms with Gasteiger partial charge in [0, 0.05) is 11.8 Å². The van der Waals surface area contributed by atoms with Crippen LogP contribution in [-0.2, 0) is 6.42 Å². The molecule has 0 aromatic carbocycles. The molecule has 0 aliphatic heterocycles. The summed E-state index contributed by atoms with van der Waals surface area (Å²) >= 11 is 0. The third-order valence-electron chi connectivity index (χ3n) is 2.66. The number of aromatic nitrogens is 3. The summed E-state index contributed by atoms with van der Waals surface area (Å²) in [7, 11) is 1.58. The van der Waals surface area contributed by atoms with Gasteiger partial charge in [0.15, 0.2) is 0 Å². The predicted molar refractivity (Wildman–Crippen MR) is 68.6 cm³/mol. The van der Waals surface area contributed by atoms with E-state index < -0.39 is 0 Å². The smallest absolute Gasteiger partial charge is 0.254 e. The molecule has 0 bridgehead atoms. The lowest BCUT2D eigenvalue weighted by Crippen LogP contribution is -2.15. The van der Waals surface area contributed by atoms with Crippen molar-refractivity contribution in [1.29, 1.82) is 0 Å². The fourth-order valence-electron chi connectivity index (χ4n) is 1.85. The molecule has 0 fully saturated rings. The third-order valence-corrected chi connectivity index (χ3v) is 2.66. The topological polar surface area (TPSA) is 67.9 Å². The zero-order chi connectivity index (χ0) is 13.0. The molecule has 1 N–H and O–H groups in total. The van der Waals surface area contributed by atoms with Crippen molar-refractivity contribution >= 4 is 0 Å². The Bertz CT molecular complexity index is 593. The second-order valence-corrected chi connectivity index (χ2v) is 3.86. The normalized spacial score (nSPS) is 10.3. The molecule has 0 aliphatic carbocycles.